The fourth-order valence-electron chi connectivity index (χ4n) is 6.44. The number of aliphatic carboxylic acids is 1. The Labute approximate surface area is 395 Å². The molecule has 24 heteroatoms. The van der Waals surface area contributed by atoms with Gasteiger partial charge in [0.25, 0.3) is 0 Å². The number of guanidine groups is 1. The number of nitrogens with two attached hydrogens (primary N) is 3. The number of phenolic OH excluding ortho intramolecular Hbond substituents is 1. The molecule has 6 atom stereocenters. The number of benzene rings is 2. The highest BCUT2D eigenvalue weighted by atomic mass is 35.5. The van der Waals surface area contributed by atoms with Crippen molar-refractivity contribution in [3.63, 3.8) is 0 Å². The highest BCUT2D eigenvalue weighted by Gasteiger charge is 2.40. The number of nitrogens with zero attached hydrogens (tertiary/aromatic N) is 1. The molecule has 362 valence electrons. The molecule has 0 bridgehead atoms. The Morgan fingerprint density at radius 1 is 0.955 bits per heavy atom. The number of carboxylic acids is 1. The van der Waals surface area contributed by atoms with Crippen molar-refractivity contribution in [2.75, 3.05) is 25.4 Å². The number of carboxylic acid groups (broad SMARTS) is 1. The van der Waals surface area contributed by atoms with Gasteiger partial charge in [-0.3, -0.25) is 38.6 Å². The van der Waals surface area contributed by atoms with E-state index in [0.29, 0.717) is 16.1 Å². The van der Waals surface area contributed by atoms with Gasteiger partial charge in [0.2, 0.25) is 41.4 Å². The summed E-state index contributed by atoms with van der Waals surface area (Å²) in [6.07, 6.45) is 0.247. The second-order valence-corrected chi connectivity index (χ2v) is 19.9. The minimum Gasteiger partial charge on any atom is -0.508 e. The van der Waals surface area contributed by atoms with Gasteiger partial charge in [-0.2, -0.15) is 0 Å². The van der Waals surface area contributed by atoms with Gasteiger partial charge in [0.15, 0.2) is 5.96 Å². The molecule has 2 aromatic rings. The second-order valence-electron chi connectivity index (χ2n) is 16.4. The van der Waals surface area contributed by atoms with Crippen LogP contribution in [0.1, 0.15) is 58.1 Å². The Bertz CT molecular complexity index is 2080. The van der Waals surface area contributed by atoms with Crippen LogP contribution in [0, 0.1) is 5.92 Å². The zero-order chi connectivity index (χ0) is 49.1. The average molecular weight is 979 g/mol. The molecule has 2 aromatic carbocycles. The predicted octanol–water partition coefficient (Wildman–Crippen LogP) is -0.828. The van der Waals surface area contributed by atoms with E-state index >= 15 is 0 Å². The van der Waals surface area contributed by atoms with E-state index in [0.717, 1.165) is 21.6 Å². The van der Waals surface area contributed by atoms with Gasteiger partial charge in [-0.25, -0.2) is 4.79 Å². The molecule has 0 aromatic heterocycles. The van der Waals surface area contributed by atoms with E-state index in [2.05, 4.69) is 42.2 Å². The molecule has 3 rings (SSSR count). The molecular formula is C42H60ClN11O10S2. The van der Waals surface area contributed by atoms with E-state index < -0.39 is 101 Å². The summed E-state index contributed by atoms with van der Waals surface area (Å²) in [5.74, 6) is -7.09. The number of nitrogens with one attached hydrogen (secondary N) is 7. The second kappa shape index (κ2) is 26.4. The summed E-state index contributed by atoms with van der Waals surface area (Å²) in [5.41, 5.74) is 18.4. The fourth-order valence-corrected chi connectivity index (χ4v) is 9.47. The van der Waals surface area contributed by atoms with Crippen LogP contribution < -0.4 is 54.4 Å². The van der Waals surface area contributed by atoms with Gasteiger partial charge in [-0.15, -0.1) is 0 Å². The van der Waals surface area contributed by atoms with Crippen LogP contribution in [0.3, 0.4) is 0 Å². The van der Waals surface area contributed by atoms with Gasteiger partial charge in [0, 0.05) is 28.5 Å². The molecule has 0 radical (unpaired) electrons. The maximum atomic E-state index is 14.2. The Kier molecular flexibility index (Phi) is 21.8. The summed E-state index contributed by atoms with van der Waals surface area (Å²) >= 11 is 6.21. The molecular weight excluding hydrogens is 918 g/mol. The molecule has 0 spiro atoms. The van der Waals surface area contributed by atoms with Crippen LogP contribution in [0.5, 0.6) is 5.75 Å². The first kappa shape index (κ1) is 54.6. The SMILES string of the molecule is CC(C)C[C@H](NC(=O)CNC(=O)[C@H](CCCN=C(N)N)NC(=O)C1CSSC(C)(C)[C@@H](NC(=O)[C@@H](N)Cc2ccc(O)cc2)C(=O)NCC(=O)NC(Cc2cccc(Cl)c2)C(=O)N1)C(=O)O. The van der Waals surface area contributed by atoms with Crippen LogP contribution in [0.2, 0.25) is 5.02 Å². The van der Waals surface area contributed by atoms with Crippen LogP contribution in [0.25, 0.3) is 0 Å². The molecule has 15 N–H and O–H groups in total. The van der Waals surface area contributed by atoms with E-state index in [1.807, 2.05) is 0 Å². The van der Waals surface area contributed by atoms with Gasteiger partial charge in [-0.05, 0) is 80.8 Å². The Hall–Kier alpha value is -5.78. The predicted molar refractivity (Wildman–Crippen MR) is 252 cm³/mol. The largest absolute Gasteiger partial charge is 0.508 e. The van der Waals surface area contributed by atoms with E-state index in [-0.39, 0.29) is 62.0 Å². The van der Waals surface area contributed by atoms with E-state index in [4.69, 9.17) is 28.8 Å². The monoisotopic (exact) mass is 977 g/mol. The van der Waals surface area contributed by atoms with Crippen LogP contribution in [0.15, 0.2) is 53.5 Å². The lowest BCUT2D eigenvalue weighted by atomic mass is 10.0. The number of amides is 7. The fraction of sp³-hybridized carbons (Fsp3) is 0.500. The third-order valence-electron chi connectivity index (χ3n) is 9.86. The van der Waals surface area contributed by atoms with Gasteiger partial charge in [0.05, 0.1) is 19.1 Å². The lowest BCUT2D eigenvalue weighted by Crippen LogP contribution is -2.61. The molecule has 2 unspecified atom stereocenters. The van der Waals surface area contributed by atoms with Crippen LogP contribution in [-0.4, -0.2) is 130 Å². The molecule has 1 aliphatic rings. The number of halogens is 1. The molecule has 7 amide bonds. The smallest absolute Gasteiger partial charge is 0.326 e. The van der Waals surface area contributed by atoms with Gasteiger partial charge < -0.3 is 64.6 Å². The number of aromatic hydroxyl groups is 1. The van der Waals surface area contributed by atoms with Crippen LogP contribution in [0.4, 0.5) is 0 Å². The van der Waals surface area contributed by atoms with Crippen molar-refractivity contribution in [3.05, 3.63) is 64.7 Å². The van der Waals surface area contributed by atoms with Crippen molar-refractivity contribution in [1.82, 2.24) is 37.2 Å². The van der Waals surface area contributed by atoms with Crippen molar-refractivity contribution < 1.29 is 48.6 Å². The van der Waals surface area contributed by atoms with Crippen LogP contribution in [-0.2, 0) is 51.2 Å². The summed E-state index contributed by atoms with van der Waals surface area (Å²) in [4.78, 5) is 111. The van der Waals surface area contributed by atoms with E-state index in [1.165, 1.54) is 12.1 Å². The number of aliphatic imine (C=N–C) groups is 1. The van der Waals surface area contributed by atoms with Crippen LogP contribution >= 0.6 is 33.2 Å². The zero-order valence-electron chi connectivity index (χ0n) is 37.1. The first-order valence-electron chi connectivity index (χ1n) is 21.0. The number of hydrogen-bond acceptors (Lipinski definition) is 13. The topological polar surface area (TPSA) is 352 Å². The lowest BCUT2D eigenvalue weighted by Gasteiger charge is -2.34. The number of carbonyl (C=O) groups excluding carboxylic acids is 7. The van der Waals surface area contributed by atoms with Crippen molar-refractivity contribution in [2.45, 2.75) is 101 Å². The summed E-state index contributed by atoms with van der Waals surface area (Å²) in [6, 6.07) is 5.00. The molecule has 0 saturated carbocycles. The van der Waals surface area contributed by atoms with Crippen molar-refractivity contribution in [3.8, 4) is 5.75 Å². The maximum Gasteiger partial charge on any atom is 0.326 e. The molecule has 1 fully saturated rings. The maximum absolute atomic E-state index is 14.2. The molecule has 1 aliphatic heterocycles. The first-order chi connectivity index (χ1) is 31.0. The van der Waals surface area contributed by atoms with Crippen molar-refractivity contribution >= 4 is 86.5 Å². The summed E-state index contributed by atoms with van der Waals surface area (Å²) in [5, 5.41) is 37.6. The quantitative estimate of drug-likeness (QED) is 0.0354. The highest BCUT2D eigenvalue weighted by molar-refractivity contribution is 8.77. The average Bonchev–Trinajstić information content (AvgIpc) is 3.23. The van der Waals surface area contributed by atoms with E-state index in [1.54, 1.807) is 64.1 Å². The first-order valence-corrected chi connectivity index (χ1v) is 23.7. The minimum atomic E-state index is -1.39. The molecule has 21 nitrogen and oxygen atoms in total. The molecule has 1 saturated heterocycles. The van der Waals surface area contributed by atoms with Crippen molar-refractivity contribution in [1.29, 1.82) is 0 Å². The van der Waals surface area contributed by atoms with Gasteiger partial charge >= 0.3 is 5.97 Å². The Morgan fingerprint density at radius 3 is 2.29 bits per heavy atom. The van der Waals surface area contributed by atoms with E-state index in [9.17, 15) is 48.6 Å². The molecule has 66 heavy (non-hydrogen) atoms. The summed E-state index contributed by atoms with van der Waals surface area (Å²) < 4.78 is -1.16. The van der Waals surface area contributed by atoms with Gasteiger partial charge in [-0.1, -0.05) is 71.3 Å². The number of phenols is 1. The third kappa shape index (κ3) is 19.0. The Balaban J connectivity index is 1.93. The van der Waals surface area contributed by atoms with Crippen molar-refractivity contribution in [2.24, 2.45) is 28.1 Å². The molecule has 0 aliphatic carbocycles. The zero-order valence-corrected chi connectivity index (χ0v) is 39.4. The number of rotatable bonds is 19. The number of hydrogen-bond donors (Lipinski definition) is 12. The third-order valence-corrected chi connectivity index (χ3v) is 13.4. The summed E-state index contributed by atoms with van der Waals surface area (Å²) in [7, 11) is 2.16. The minimum absolute atomic E-state index is 0.0285. The highest BCUT2D eigenvalue weighted by Crippen LogP contribution is 2.39. The number of carbonyl (C=O) groups is 8. The Morgan fingerprint density at radius 2 is 1.65 bits per heavy atom. The summed E-state index contributed by atoms with van der Waals surface area (Å²) in [6.45, 7) is 5.71. The normalized spacial score (nSPS) is 19.3. The standard InChI is InChI=1S/C42H60ClN11O10S2/c1-22(2)15-30(40(63)64)51-33(57)19-48-36(59)28(9-6-14-47-41(45)46)52-38(61)31-21-65-66-42(3,4)34(54-35(58)27(44)17-23-10-12-26(55)13-11-23)39(62)49-20-32(56)50-29(37(60)53-31)18-24-7-5-8-25(43)16-24/h5,7-8,10-13,16,22,27-31,34,55H,6,9,14-15,17-21,44H2,1-4H3,(H,48,59)(H,49,62)(H,50,56)(H,51,57)(H,52,61)(H,53,60)(H,54,58)(H,63,64)(H4,45,46,47)/t27-,28-,29?,30-,31?,34-/m0/s1. The molecule has 1 heterocycles. The van der Waals surface area contributed by atoms with Gasteiger partial charge in [0.1, 0.15) is 36.0 Å². The lowest BCUT2D eigenvalue weighted by molar-refractivity contribution is -0.142.